The van der Waals surface area contributed by atoms with Crippen LogP contribution < -0.4 is 159 Å². The Labute approximate surface area is 525 Å². The molecule has 0 amide bonds. The van der Waals surface area contributed by atoms with Gasteiger partial charge in [-0.25, -0.2) is 38.2 Å². The Morgan fingerprint density at radius 1 is 0.706 bits per heavy atom. The van der Waals surface area contributed by atoms with Crippen LogP contribution in [-0.4, -0.2) is 86.4 Å². The molecule has 0 N–H and O–H groups in total. The summed E-state index contributed by atoms with van der Waals surface area (Å²) < 4.78 is 147. The second-order valence-corrected chi connectivity index (χ2v) is 23.4. The average Bonchev–Trinajstić information content (AvgIpc) is 3.55. The number of fused-ring (bicyclic) bond motifs is 7. The second-order valence-electron chi connectivity index (χ2n) is 17.6. The molecule has 5 aromatic carbocycles. The molecule has 0 radical (unpaired) electrons. The van der Waals surface area contributed by atoms with Gasteiger partial charge in [0.05, 0.1) is 43.7 Å². The van der Waals surface area contributed by atoms with E-state index in [0.717, 1.165) is 33.7 Å². The van der Waals surface area contributed by atoms with E-state index in [4.69, 9.17) is 0 Å². The van der Waals surface area contributed by atoms with E-state index in [-0.39, 0.29) is 183 Å². The first-order valence-electron chi connectivity index (χ1n) is 20.6. The minimum absolute atomic E-state index is 0. The summed E-state index contributed by atoms with van der Waals surface area (Å²) in [5, 5.41) is 1.02. The molecule has 340 valence electrons. The molecule has 1 spiro atoms. The second kappa shape index (κ2) is 21.5. The smallest absolute Gasteiger partial charge is 0.748 e. The Morgan fingerprint density at radius 2 is 1.28 bits per heavy atom. The molecule has 2 atom stereocenters. The molecule has 0 saturated carbocycles. The number of nitrogens with zero attached hydrogens (tertiary/aromatic N) is 2. The van der Waals surface area contributed by atoms with Gasteiger partial charge in [-0.3, -0.25) is 0 Å². The first kappa shape index (κ1) is 58.6. The Bertz CT molecular complexity index is 3480. The van der Waals surface area contributed by atoms with Crippen LogP contribution in [0.5, 0.6) is 0 Å². The van der Waals surface area contributed by atoms with E-state index < -0.39 is 67.3 Å². The Hall–Kier alpha value is -0.241. The van der Waals surface area contributed by atoms with Crippen LogP contribution >= 0.6 is 0 Å². The zero-order chi connectivity index (χ0) is 47.1. The summed E-state index contributed by atoms with van der Waals surface area (Å²) in [4.78, 5) is -0.766. The normalized spacial score (nSPS) is 20.6. The molecule has 5 aromatic rings. The quantitative estimate of drug-likeness (QED) is 0.0426. The van der Waals surface area contributed by atoms with Crippen molar-refractivity contribution in [2.24, 2.45) is 0 Å². The van der Waals surface area contributed by atoms with Crippen LogP contribution in [0.15, 0.2) is 143 Å². The van der Waals surface area contributed by atoms with Gasteiger partial charge in [0, 0.05) is 41.5 Å². The Morgan fingerprint density at radius 3 is 1.81 bits per heavy atom. The molecule has 68 heavy (non-hydrogen) atoms. The fourth-order valence-electron chi connectivity index (χ4n) is 10.2. The van der Waals surface area contributed by atoms with Gasteiger partial charge in [-0.1, -0.05) is 66.8 Å². The largest absolute Gasteiger partial charge is 1.00 e. The van der Waals surface area contributed by atoms with Crippen molar-refractivity contribution in [3.05, 3.63) is 150 Å². The molecule has 3 heterocycles. The minimum atomic E-state index is -4.81. The SMILES string of the molecule is CC1(C)C(C=CC=C(C=CC=C2C(C)(C)c3c(ccc4cc(S(=O)(=O)[O-])ccc34)[N+]23CCC3S(=O)(=O)[O-])c2ccccc2)=[N+](CCCS(=O)(=O)[O-])c2ccc3cc(S(=O)(=O)[O-])ccc3c21.[K+].[K+].[K+]. The number of rotatable bonds is 12. The van der Waals surface area contributed by atoms with Gasteiger partial charge < -0.3 is 18.2 Å². The number of allylic oxidation sites excluding steroid dienone is 8. The Kier molecular flexibility index (Phi) is 18.6. The van der Waals surface area contributed by atoms with Gasteiger partial charge >= 0.3 is 154 Å². The van der Waals surface area contributed by atoms with Crippen molar-refractivity contribution in [2.75, 3.05) is 18.8 Å². The zero-order valence-electron chi connectivity index (χ0n) is 38.7. The topological polar surface area (TPSA) is 232 Å². The summed E-state index contributed by atoms with van der Waals surface area (Å²) in [6.45, 7) is 8.29. The molecular formula is C47H44K3N2O12S4+. The van der Waals surface area contributed by atoms with Crippen molar-refractivity contribution in [2.45, 2.75) is 66.5 Å². The van der Waals surface area contributed by atoms with Gasteiger partial charge in [0.2, 0.25) is 5.69 Å². The van der Waals surface area contributed by atoms with E-state index in [1.807, 2.05) is 93.0 Å². The average molecular weight is 1070 g/mol. The fourth-order valence-corrected chi connectivity index (χ4v) is 12.8. The summed E-state index contributed by atoms with van der Waals surface area (Å²) in [6, 6.07) is 24.5. The number of benzene rings is 5. The van der Waals surface area contributed by atoms with Crippen LogP contribution in [0.1, 0.15) is 57.2 Å². The summed E-state index contributed by atoms with van der Waals surface area (Å²) in [5.74, 6) is -0.584. The zero-order valence-corrected chi connectivity index (χ0v) is 51.3. The molecular weight excluding hydrogens is 1030 g/mol. The van der Waals surface area contributed by atoms with Gasteiger partial charge in [-0.05, 0) is 103 Å². The third-order valence-corrected chi connectivity index (χ3v) is 16.7. The van der Waals surface area contributed by atoms with E-state index in [1.54, 1.807) is 42.5 Å². The number of quaternary nitrogens is 1. The molecule has 1 saturated heterocycles. The summed E-state index contributed by atoms with van der Waals surface area (Å²) in [7, 11) is -18.8. The predicted octanol–water partition coefficient (Wildman–Crippen LogP) is -2.22. The van der Waals surface area contributed by atoms with Crippen molar-refractivity contribution in [3.8, 4) is 0 Å². The van der Waals surface area contributed by atoms with Crippen LogP contribution in [0.25, 0.3) is 27.1 Å². The molecule has 0 aliphatic carbocycles. The maximum Gasteiger partial charge on any atom is 1.00 e. The van der Waals surface area contributed by atoms with Gasteiger partial charge in [0.15, 0.2) is 21.2 Å². The maximum atomic E-state index is 12.9. The van der Waals surface area contributed by atoms with Gasteiger partial charge in [-0.15, -0.1) is 0 Å². The molecule has 3 aliphatic rings. The van der Waals surface area contributed by atoms with E-state index in [1.165, 1.54) is 24.3 Å². The molecule has 2 unspecified atom stereocenters. The molecule has 21 heteroatoms. The molecule has 8 rings (SSSR count). The maximum absolute atomic E-state index is 12.9. The van der Waals surface area contributed by atoms with E-state index in [2.05, 4.69) is 0 Å². The summed E-state index contributed by atoms with van der Waals surface area (Å²) in [5.41, 5.74) is 4.22. The van der Waals surface area contributed by atoms with Crippen LogP contribution in [0.4, 0.5) is 11.4 Å². The van der Waals surface area contributed by atoms with E-state index >= 15 is 0 Å². The number of hydrogen-bond donors (Lipinski definition) is 0. The molecule has 0 bridgehead atoms. The Balaban J connectivity index is 0.00000288. The minimum Gasteiger partial charge on any atom is -0.748 e. The van der Waals surface area contributed by atoms with E-state index in [9.17, 15) is 51.9 Å². The number of hydrogen-bond acceptors (Lipinski definition) is 12. The van der Waals surface area contributed by atoms with Gasteiger partial charge in [0.1, 0.15) is 38.2 Å². The van der Waals surface area contributed by atoms with Crippen LogP contribution in [0.3, 0.4) is 0 Å². The summed E-state index contributed by atoms with van der Waals surface area (Å²) >= 11 is 0. The van der Waals surface area contributed by atoms with Crippen molar-refractivity contribution in [3.63, 3.8) is 0 Å². The third-order valence-electron chi connectivity index (χ3n) is 13.0. The fraction of sp³-hybridized carbons (Fsp3) is 0.255. The first-order chi connectivity index (χ1) is 30.3. The molecule has 1 fully saturated rings. The molecule has 0 aromatic heterocycles. The van der Waals surface area contributed by atoms with Gasteiger partial charge in [-0.2, -0.15) is 4.58 Å². The van der Waals surface area contributed by atoms with Gasteiger partial charge in [0.25, 0.3) is 0 Å². The van der Waals surface area contributed by atoms with E-state index in [0.29, 0.717) is 39.5 Å². The molecule has 3 aliphatic heterocycles. The summed E-state index contributed by atoms with van der Waals surface area (Å²) in [6.07, 6.45) is 11.2. The first-order valence-corrected chi connectivity index (χ1v) is 26.4. The van der Waals surface area contributed by atoms with Crippen molar-refractivity contribution in [1.82, 2.24) is 4.48 Å². The van der Waals surface area contributed by atoms with Crippen molar-refractivity contribution < 1.29 is 211 Å². The van der Waals surface area contributed by atoms with Crippen molar-refractivity contribution in [1.29, 1.82) is 0 Å². The van der Waals surface area contributed by atoms with Crippen LogP contribution in [0.2, 0.25) is 0 Å². The predicted molar refractivity (Wildman–Crippen MR) is 244 cm³/mol. The van der Waals surface area contributed by atoms with Crippen LogP contribution in [0, 0.1) is 0 Å². The van der Waals surface area contributed by atoms with Crippen LogP contribution in [-0.2, 0) is 51.3 Å². The standard InChI is InChI=1S/C47H46N2O12S4.3K/c1-46(2)41(48(26-10-28-62(50,51)52)39-23-17-33-29-35(63(53,54)55)19-21-37(33)44(39)46)15-8-13-32(31-11-6-5-7-12-31)14-9-16-42-47(3,4)45-38-22-20-36(64(56,57)58)30-34(38)18-24-40(45)49(42)27-25-43(49)65(59,60)61;;;/h5-9,11-24,29-30,43H,10,25-28H2,1-4H3,(H2-2,50,51,52,53,54,55,56,57,58,59,60,61);;;/q;3*+1/p-2. The molecule has 14 nitrogen and oxygen atoms in total. The third kappa shape index (κ3) is 11.2. The monoisotopic (exact) mass is 1070 g/mol. The van der Waals surface area contributed by atoms with Crippen molar-refractivity contribution >= 4 is 84.7 Å².